The third-order valence-electron chi connectivity index (χ3n) is 4.56. The fourth-order valence-electron chi connectivity index (χ4n) is 3.31. The molecular formula is C24H22O4P+. The zero-order valence-electron chi connectivity index (χ0n) is 16.3. The van der Waals surface area contributed by atoms with Crippen LogP contribution in [-0.2, 0) is 14.3 Å². The highest BCUT2D eigenvalue weighted by atomic mass is 31.2. The Kier molecular flexibility index (Phi) is 6.51. The molecule has 0 aliphatic carbocycles. The second-order valence-corrected chi connectivity index (χ2v) is 9.49. The van der Waals surface area contributed by atoms with Crippen LogP contribution < -0.4 is 15.9 Å². The van der Waals surface area contributed by atoms with Gasteiger partial charge in [0, 0.05) is 5.73 Å². The van der Waals surface area contributed by atoms with Gasteiger partial charge in [0.1, 0.15) is 15.9 Å². The monoisotopic (exact) mass is 405 g/mol. The summed E-state index contributed by atoms with van der Waals surface area (Å²) in [5.41, 5.74) is 2.80. The molecule has 29 heavy (non-hydrogen) atoms. The van der Waals surface area contributed by atoms with Crippen molar-refractivity contribution in [3.63, 3.8) is 0 Å². The van der Waals surface area contributed by atoms with Crippen molar-refractivity contribution in [2.75, 3.05) is 14.2 Å². The lowest BCUT2D eigenvalue weighted by atomic mass is 10.3. The van der Waals surface area contributed by atoms with Crippen LogP contribution in [0.5, 0.6) is 0 Å². The van der Waals surface area contributed by atoms with E-state index >= 15 is 0 Å². The molecule has 3 aromatic carbocycles. The van der Waals surface area contributed by atoms with Gasteiger partial charge in [0.05, 0.1) is 14.2 Å². The third-order valence-corrected chi connectivity index (χ3v) is 8.75. The quantitative estimate of drug-likeness (QED) is 0.224. The van der Waals surface area contributed by atoms with E-state index in [0.29, 0.717) is 0 Å². The summed E-state index contributed by atoms with van der Waals surface area (Å²) in [7, 11) is -0.0857. The van der Waals surface area contributed by atoms with E-state index < -0.39 is 19.2 Å². The zero-order valence-corrected chi connectivity index (χ0v) is 17.2. The summed E-state index contributed by atoms with van der Waals surface area (Å²) in [4.78, 5) is 13.1. The van der Waals surface area contributed by atoms with Crippen LogP contribution in [0.3, 0.4) is 0 Å². The molecule has 0 saturated carbocycles. The smallest absolute Gasteiger partial charge is 0.383 e. The molecule has 3 aromatic rings. The Morgan fingerprint density at radius 1 is 0.724 bits per heavy atom. The van der Waals surface area contributed by atoms with Crippen LogP contribution in [0.1, 0.15) is 0 Å². The Hall–Kier alpha value is -3.32. The van der Waals surface area contributed by atoms with E-state index in [2.05, 4.69) is 5.73 Å². The molecule has 146 valence electrons. The van der Waals surface area contributed by atoms with Gasteiger partial charge in [-0.15, -0.1) is 0 Å². The molecule has 0 aliphatic rings. The first kappa shape index (κ1) is 20.4. The van der Waals surface area contributed by atoms with E-state index in [1.165, 1.54) is 14.2 Å². The number of esters is 1. The second kappa shape index (κ2) is 9.25. The molecule has 0 fully saturated rings. The predicted octanol–water partition coefficient (Wildman–Crippen LogP) is 3.68. The summed E-state index contributed by atoms with van der Waals surface area (Å²) in [6.07, 6.45) is 0. The van der Waals surface area contributed by atoms with Crippen molar-refractivity contribution in [1.29, 1.82) is 0 Å². The molecule has 1 N–H and O–H groups in total. The number of benzene rings is 3. The Labute approximate surface area is 171 Å². The average molecular weight is 405 g/mol. The molecule has 0 aromatic heterocycles. The van der Waals surface area contributed by atoms with Gasteiger partial charge < -0.3 is 14.6 Å². The van der Waals surface area contributed by atoms with Crippen molar-refractivity contribution in [3.05, 3.63) is 108 Å². The summed E-state index contributed by atoms with van der Waals surface area (Å²) in [5.74, 6) is -1.05. The van der Waals surface area contributed by atoms with Crippen LogP contribution >= 0.6 is 7.26 Å². The molecule has 3 rings (SSSR count). The minimum Gasteiger partial charge on any atom is -0.475 e. The van der Waals surface area contributed by atoms with E-state index in [-0.39, 0.29) is 5.31 Å². The highest BCUT2D eigenvalue weighted by Gasteiger charge is 2.53. The van der Waals surface area contributed by atoms with Gasteiger partial charge >= 0.3 is 11.9 Å². The molecule has 0 heterocycles. The predicted molar refractivity (Wildman–Crippen MR) is 117 cm³/mol. The number of aliphatic hydroxyl groups excluding tert-OH is 1. The molecule has 0 atom stereocenters. The molecule has 0 bridgehead atoms. The van der Waals surface area contributed by atoms with Gasteiger partial charge in [-0.05, 0) is 36.4 Å². The highest BCUT2D eigenvalue weighted by Crippen LogP contribution is 2.62. The summed E-state index contributed by atoms with van der Waals surface area (Å²) in [6.45, 7) is 0. The molecule has 0 spiro atoms. The first-order chi connectivity index (χ1) is 14.1. The molecule has 5 heteroatoms. The number of aliphatic hydroxyl groups is 1. The van der Waals surface area contributed by atoms with E-state index in [4.69, 9.17) is 9.47 Å². The van der Waals surface area contributed by atoms with Gasteiger partial charge in [-0.2, -0.15) is 0 Å². The standard InChI is InChI=1S/C24H21O4P/c1-27-23(25)18-22(24(26)28-2)29(19-12-6-3-7-13-19,20-14-8-4-9-15-20)21-16-10-5-11-17-21/h3-17H,1-2H3/p+1. The minimum absolute atomic E-state index is 0.225. The number of methoxy groups -OCH3 is 2. The van der Waals surface area contributed by atoms with Crippen LogP contribution in [0.25, 0.3) is 0 Å². The number of rotatable bonds is 6. The minimum atomic E-state index is -2.73. The number of hydrogen-bond donors (Lipinski definition) is 1. The molecule has 0 aliphatic heterocycles. The SMILES string of the molecule is COC(=O)C(=C=C(O)OC)[P+](c1ccccc1)(c1ccccc1)c1ccccc1. The van der Waals surface area contributed by atoms with Gasteiger partial charge in [0.25, 0.3) is 0 Å². The maximum atomic E-state index is 13.1. The summed E-state index contributed by atoms with van der Waals surface area (Å²) >= 11 is 0. The molecular weight excluding hydrogens is 383 g/mol. The normalized spacial score (nSPS) is 10.6. The largest absolute Gasteiger partial charge is 0.475 e. The Bertz CT molecular complexity index is 928. The number of carbonyl (C=O) groups is 1. The van der Waals surface area contributed by atoms with Gasteiger partial charge in [-0.1, -0.05) is 54.6 Å². The summed E-state index contributed by atoms with van der Waals surface area (Å²) in [5, 5.41) is 13.2. The maximum Gasteiger partial charge on any atom is 0.383 e. The lowest BCUT2D eigenvalue weighted by Gasteiger charge is -2.26. The molecule has 0 unspecified atom stereocenters. The van der Waals surface area contributed by atoms with Gasteiger partial charge in [-0.3, -0.25) is 0 Å². The fraction of sp³-hybridized carbons (Fsp3) is 0.0833. The summed E-state index contributed by atoms with van der Waals surface area (Å²) < 4.78 is 10.1. The first-order valence-corrected chi connectivity index (χ1v) is 10.8. The van der Waals surface area contributed by atoms with Gasteiger partial charge in [0.2, 0.25) is 5.31 Å². The van der Waals surface area contributed by atoms with Crippen LogP contribution in [0.15, 0.2) is 108 Å². The Morgan fingerprint density at radius 3 is 1.41 bits per heavy atom. The number of ether oxygens (including phenoxy) is 2. The van der Waals surface area contributed by atoms with E-state index in [1.807, 2.05) is 91.0 Å². The van der Waals surface area contributed by atoms with E-state index in [9.17, 15) is 9.90 Å². The molecule has 0 radical (unpaired) electrons. The second-order valence-electron chi connectivity index (χ2n) is 6.15. The Balaban J connectivity index is 2.55. The van der Waals surface area contributed by atoms with Crippen molar-refractivity contribution in [2.45, 2.75) is 0 Å². The first-order valence-electron chi connectivity index (χ1n) is 9.03. The molecule has 4 nitrogen and oxygen atoms in total. The molecule has 0 saturated heterocycles. The van der Waals surface area contributed by atoms with Gasteiger partial charge in [0.15, 0.2) is 7.26 Å². The number of hydrogen-bond acceptors (Lipinski definition) is 4. The topological polar surface area (TPSA) is 55.8 Å². The van der Waals surface area contributed by atoms with Crippen molar-refractivity contribution in [1.82, 2.24) is 0 Å². The lowest BCUT2D eigenvalue weighted by molar-refractivity contribution is -0.135. The molecule has 0 amide bonds. The van der Waals surface area contributed by atoms with Crippen molar-refractivity contribution < 1.29 is 19.4 Å². The average Bonchev–Trinajstić information content (AvgIpc) is 2.80. The van der Waals surface area contributed by atoms with Crippen LogP contribution in [0.4, 0.5) is 0 Å². The van der Waals surface area contributed by atoms with Crippen LogP contribution in [-0.4, -0.2) is 25.3 Å². The van der Waals surface area contributed by atoms with Crippen molar-refractivity contribution >= 4 is 29.1 Å². The van der Waals surface area contributed by atoms with Crippen molar-refractivity contribution in [2.24, 2.45) is 0 Å². The zero-order chi connectivity index (χ0) is 20.7. The highest BCUT2D eigenvalue weighted by molar-refractivity contribution is 7.99. The van der Waals surface area contributed by atoms with Crippen molar-refractivity contribution in [3.8, 4) is 0 Å². The van der Waals surface area contributed by atoms with Crippen LogP contribution in [0, 0.1) is 0 Å². The summed E-state index contributed by atoms with van der Waals surface area (Å²) in [6, 6.07) is 29.3. The third kappa shape index (κ3) is 3.95. The fourth-order valence-corrected chi connectivity index (χ4v) is 7.47. The number of carbonyl (C=O) groups excluding carboxylic acids is 1. The van der Waals surface area contributed by atoms with E-state index in [0.717, 1.165) is 15.9 Å². The Morgan fingerprint density at radius 2 is 1.10 bits per heavy atom. The lowest BCUT2D eigenvalue weighted by Crippen LogP contribution is -2.34. The maximum absolute atomic E-state index is 13.1. The van der Waals surface area contributed by atoms with Crippen LogP contribution in [0.2, 0.25) is 0 Å². The van der Waals surface area contributed by atoms with Gasteiger partial charge in [-0.25, -0.2) is 4.79 Å². The van der Waals surface area contributed by atoms with E-state index in [1.54, 1.807) is 0 Å².